The number of rotatable bonds is 7. The van der Waals surface area contributed by atoms with Crippen LogP contribution in [0, 0.1) is 6.92 Å². The van der Waals surface area contributed by atoms with E-state index in [0.717, 1.165) is 17.5 Å². The number of carbonyl (C=O) groups is 2. The molecule has 0 aromatic heterocycles. The molecule has 0 radical (unpaired) electrons. The largest absolute Gasteiger partial charge is 0.507 e. The molecule has 2 aromatic rings. The van der Waals surface area contributed by atoms with Crippen LogP contribution in [0.2, 0.25) is 0 Å². The van der Waals surface area contributed by atoms with Crippen molar-refractivity contribution in [1.82, 2.24) is 9.80 Å². The monoisotopic (exact) mass is 422 g/mol. The lowest BCUT2D eigenvalue weighted by Gasteiger charge is -2.26. The van der Waals surface area contributed by atoms with Gasteiger partial charge in [0.2, 0.25) is 0 Å². The summed E-state index contributed by atoms with van der Waals surface area (Å²) in [5.41, 5.74) is 3.41. The van der Waals surface area contributed by atoms with Gasteiger partial charge >= 0.3 is 0 Å². The third-order valence-electron chi connectivity index (χ3n) is 5.70. The predicted molar refractivity (Wildman–Crippen MR) is 121 cm³/mol. The number of aryl methyl sites for hydroxylation is 2. The number of hydrogen-bond acceptors (Lipinski definition) is 5. The third kappa shape index (κ3) is 4.49. The van der Waals surface area contributed by atoms with Crippen LogP contribution in [-0.4, -0.2) is 60.9 Å². The summed E-state index contributed by atoms with van der Waals surface area (Å²) >= 11 is 0. The quantitative estimate of drug-likeness (QED) is 0.420. The van der Waals surface area contributed by atoms with E-state index >= 15 is 0 Å². The highest BCUT2D eigenvalue weighted by Gasteiger charge is 2.45. The zero-order chi connectivity index (χ0) is 22.7. The molecule has 1 saturated heterocycles. The van der Waals surface area contributed by atoms with Crippen molar-refractivity contribution in [2.75, 3.05) is 34.3 Å². The number of carbonyl (C=O) groups excluding carboxylic acids is 2. The number of nitrogens with zero attached hydrogens (tertiary/aromatic N) is 2. The number of ketones is 1. The maximum absolute atomic E-state index is 13.0. The summed E-state index contributed by atoms with van der Waals surface area (Å²) in [5.74, 6) is -0.719. The van der Waals surface area contributed by atoms with Crippen LogP contribution in [0.15, 0.2) is 48.0 Å². The Bertz CT molecular complexity index is 1010. The fourth-order valence-electron chi connectivity index (χ4n) is 3.88. The van der Waals surface area contributed by atoms with Crippen molar-refractivity contribution in [3.8, 4) is 5.75 Å². The van der Waals surface area contributed by atoms with Crippen LogP contribution < -0.4 is 4.74 Å². The first-order valence-corrected chi connectivity index (χ1v) is 10.5. The summed E-state index contributed by atoms with van der Waals surface area (Å²) < 4.78 is 5.30. The van der Waals surface area contributed by atoms with E-state index in [-0.39, 0.29) is 11.3 Å². The second kappa shape index (κ2) is 9.35. The van der Waals surface area contributed by atoms with E-state index in [4.69, 9.17) is 4.74 Å². The molecule has 6 nitrogen and oxygen atoms in total. The number of likely N-dealkylation sites (N-methyl/N-ethyl adjacent to an activating group) is 1. The molecular weight excluding hydrogens is 392 g/mol. The van der Waals surface area contributed by atoms with Gasteiger partial charge in [-0.25, -0.2) is 0 Å². The van der Waals surface area contributed by atoms with Crippen LogP contribution in [0.4, 0.5) is 0 Å². The number of Topliss-reactive ketones (excluding diaryl/α,β-unsaturated/α-hetero) is 1. The Hall–Kier alpha value is -3.12. The summed E-state index contributed by atoms with van der Waals surface area (Å²) in [6.07, 6.45) is 0.895. The van der Waals surface area contributed by atoms with Gasteiger partial charge in [-0.05, 0) is 62.3 Å². The molecule has 2 aromatic carbocycles. The Labute approximate surface area is 183 Å². The number of benzene rings is 2. The summed E-state index contributed by atoms with van der Waals surface area (Å²) in [6, 6.07) is 12.4. The van der Waals surface area contributed by atoms with Gasteiger partial charge in [-0.3, -0.25) is 9.59 Å². The van der Waals surface area contributed by atoms with E-state index in [1.54, 1.807) is 30.2 Å². The summed E-state index contributed by atoms with van der Waals surface area (Å²) in [6.45, 7) is 4.94. The molecule has 1 aliphatic heterocycles. The molecule has 3 rings (SSSR count). The van der Waals surface area contributed by atoms with Gasteiger partial charge in [0, 0.05) is 18.7 Å². The number of ether oxygens (including phenoxy) is 1. The Kier molecular flexibility index (Phi) is 6.81. The minimum absolute atomic E-state index is 0.123. The lowest BCUT2D eigenvalue weighted by atomic mass is 9.94. The Morgan fingerprint density at radius 2 is 1.81 bits per heavy atom. The maximum atomic E-state index is 13.0. The molecule has 1 N–H and O–H groups in total. The predicted octanol–water partition coefficient (Wildman–Crippen LogP) is 3.55. The van der Waals surface area contributed by atoms with Crippen molar-refractivity contribution in [3.63, 3.8) is 0 Å². The van der Waals surface area contributed by atoms with Crippen LogP contribution in [-0.2, 0) is 16.0 Å². The number of amides is 1. The van der Waals surface area contributed by atoms with Crippen LogP contribution in [0.25, 0.3) is 5.76 Å². The highest BCUT2D eigenvalue weighted by molar-refractivity contribution is 6.46. The minimum Gasteiger partial charge on any atom is -0.507 e. The smallest absolute Gasteiger partial charge is 0.295 e. The maximum Gasteiger partial charge on any atom is 0.295 e. The van der Waals surface area contributed by atoms with Crippen molar-refractivity contribution in [1.29, 1.82) is 0 Å². The molecule has 1 atom stereocenters. The van der Waals surface area contributed by atoms with Crippen LogP contribution in [0.5, 0.6) is 5.75 Å². The average Bonchev–Trinajstić information content (AvgIpc) is 3.01. The number of aliphatic hydroxyl groups is 1. The first-order valence-electron chi connectivity index (χ1n) is 10.5. The van der Waals surface area contributed by atoms with E-state index < -0.39 is 17.7 Å². The minimum atomic E-state index is -0.658. The van der Waals surface area contributed by atoms with Crippen molar-refractivity contribution in [3.05, 3.63) is 70.3 Å². The van der Waals surface area contributed by atoms with Crippen LogP contribution >= 0.6 is 0 Å². The number of methoxy groups -OCH3 is 1. The van der Waals surface area contributed by atoms with Gasteiger partial charge in [-0.1, -0.05) is 31.2 Å². The molecule has 1 heterocycles. The highest BCUT2D eigenvalue weighted by Crippen LogP contribution is 2.39. The highest BCUT2D eigenvalue weighted by atomic mass is 16.5. The van der Waals surface area contributed by atoms with E-state index in [9.17, 15) is 14.7 Å². The van der Waals surface area contributed by atoms with Crippen molar-refractivity contribution >= 4 is 17.4 Å². The number of likely N-dealkylation sites (tertiary alicyclic amines) is 1. The third-order valence-corrected chi connectivity index (χ3v) is 5.70. The molecule has 0 saturated carbocycles. The molecular formula is C25H30N2O4. The molecule has 0 bridgehead atoms. The molecule has 0 unspecified atom stereocenters. The summed E-state index contributed by atoms with van der Waals surface area (Å²) in [5, 5.41) is 11.2. The fourth-order valence-corrected chi connectivity index (χ4v) is 3.88. The SMILES string of the molecule is CCc1ccc([C@@H]2/C(=C(\O)c3ccc(OC)c(C)c3)C(=O)C(=O)N2CCN(C)C)cc1. The van der Waals surface area contributed by atoms with Crippen molar-refractivity contribution in [2.45, 2.75) is 26.3 Å². The van der Waals surface area contributed by atoms with Gasteiger partial charge in [0.05, 0.1) is 18.7 Å². The van der Waals surface area contributed by atoms with E-state index in [1.165, 1.54) is 5.56 Å². The van der Waals surface area contributed by atoms with Gasteiger partial charge in [-0.15, -0.1) is 0 Å². The standard InChI is InChI=1S/C25H30N2O4/c1-6-17-7-9-18(10-8-17)22-21(24(29)25(30)27(22)14-13-26(3)4)23(28)19-11-12-20(31-5)16(2)15-19/h7-12,15,22,28H,6,13-14H2,1-5H3/b23-21+/t22-/m1/s1. The molecule has 1 aliphatic rings. The Morgan fingerprint density at radius 3 is 2.35 bits per heavy atom. The summed E-state index contributed by atoms with van der Waals surface area (Å²) in [4.78, 5) is 29.5. The van der Waals surface area contributed by atoms with Gasteiger partial charge in [0.25, 0.3) is 11.7 Å². The molecule has 31 heavy (non-hydrogen) atoms. The van der Waals surface area contributed by atoms with Crippen LogP contribution in [0.1, 0.15) is 35.2 Å². The summed E-state index contributed by atoms with van der Waals surface area (Å²) in [7, 11) is 5.42. The molecule has 1 amide bonds. The number of aliphatic hydroxyl groups excluding tert-OH is 1. The van der Waals surface area contributed by atoms with Gasteiger partial charge in [-0.2, -0.15) is 0 Å². The first-order chi connectivity index (χ1) is 14.8. The van der Waals surface area contributed by atoms with Crippen molar-refractivity contribution in [2.24, 2.45) is 0 Å². The van der Waals surface area contributed by atoms with Crippen molar-refractivity contribution < 1.29 is 19.4 Å². The second-order valence-electron chi connectivity index (χ2n) is 8.08. The lowest BCUT2D eigenvalue weighted by Crippen LogP contribution is -2.35. The molecule has 1 fully saturated rings. The van der Waals surface area contributed by atoms with E-state index in [1.807, 2.05) is 50.2 Å². The van der Waals surface area contributed by atoms with E-state index in [0.29, 0.717) is 24.4 Å². The Balaban J connectivity index is 2.14. The first kappa shape index (κ1) is 22.6. The Morgan fingerprint density at radius 1 is 1.13 bits per heavy atom. The van der Waals surface area contributed by atoms with Gasteiger partial charge < -0.3 is 19.6 Å². The topological polar surface area (TPSA) is 70.1 Å². The van der Waals surface area contributed by atoms with Crippen LogP contribution in [0.3, 0.4) is 0 Å². The number of hydrogen-bond donors (Lipinski definition) is 1. The molecule has 164 valence electrons. The molecule has 6 heteroatoms. The average molecular weight is 423 g/mol. The fraction of sp³-hybridized carbons (Fsp3) is 0.360. The zero-order valence-electron chi connectivity index (χ0n) is 18.8. The zero-order valence-corrected chi connectivity index (χ0v) is 18.8. The normalized spacial score (nSPS) is 18.1. The second-order valence-corrected chi connectivity index (χ2v) is 8.08. The van der Waals surface area contributed by atoms with E-state index in [2.05, 4.69) is 6.92 Å². The molecule has 0 aliphatic carbocycles. The van der Waals surface area contributed by atoms with Gasteiger partial charge in [0.15, 0.2) is 0 Å². The molecule has 0 spiro atoms. The lowest BCUT2D eigenvalue weighted by molar-refractivity contribution is -0.140. The van der Waals surface area contributed by atoms with Gasteiger partial charge in [0.1, 0.15) is 11.5 Å².